The number of hydrogen-bond donors (Lipinski definition) is 1. The highest BCUT2D eigenvalue weighted by atomic mass is 16.5. The van der Waals surface area contributed by atoms with Crippen LogP contribution in [0.25, 0.3) is 0 Å². The van der Waals surface area contributed by atoms with Crippen LogP contribution in [0.3, 0.4) is 0 Å². The van der Waals surface area contributed by atoms with Gasteiger partial charge in [-0.25, -0.2) is 0 Å². The van der Waals surface area contributed by atoms with E-state index >= 15 is 0 Å². The second kappa shape index (κ2) is 11.8. The van der Waals surface area contributed by atoms with Crippen LogP contribution in [0.15, 0.2) is 35.3 Å². The second-order valence-corrected chi connectivity index (χ2v) is 6.57. The molecule has 1 aliphatic rings. The molecule has 26 heavy (non-hydrogen) atoms. The normalized spacial score (nSPS) is 17.2. The summed E-state index contributed by atoms with van der Waals surface area (Å²) < 4.78 is 16.9. The summed E-state index contributed by atoms with van der Waals surface area (Å²) in [6, 6.07) is 9.90. The molecule has 1 unspecified atom stereocenters. The Morgan fingerprint density at radius 1 is 1.23 bits per heavy atom. The van der Waals surface area contributed by atoms with E-state index in [9.17, 15) is 0 Å². The molecular formula is C20H33N3O3. The first-order valence-electron chi connectivity index (χ1n) is 9.50. The van der Waals surface area contributed by atoms with E-state index in [0.29, 0.717) is 6.10 Å². The summed E-state index contributed by atoms with van der Waals surface area (Å²) in [5.74, 6) is 1.83. The lowest BCUT2D eigenvalue weighted by atomic mass is 10.1. The number of aliphatic imine (C=N–C) groups is 1. The Bertz CT molecular complexity index is 516. The molecular weight excluding hydrogens is 330 g/mol. The maximum absolute atomic E-state index is 5.92. The summed E-state index contributed by atoms with van der Waals surface area (Å²) in [6.07, 6.45) is 3.43. The van der Waals surface area contributed by atoms with Crippen LogP contribution in [0.2, 0.25) is 0 Å². The van der Waals surface area contributed by atoms with E-state index in [1.807, 2.05) is 37.4 Å². The molecule has 6 nitrogen and oxygen atoms in total. The molecule has 1 aromatic carbocycles. The van der Waals surface area contributed by atoms with Crippen LogP contribution in [0.1, 0.15) is 26.2 Å². The number of piperidine rings is 1. The van der Waals surface area contributed by atoms with Crippen molar-refractivity contribution in [2.24, 2.45) is 4.99 Å². The van der Waals surface area contributed by atoms with Crippen LogP contribution in [0.4, 0.5) is 0 Å². The quantitative estimate of drug-likeness (QED) is 0.415. The van der Waals surface area contributed by atoms with Gasteiger partial charge in [0, 0.05) is 40.5 Å². The zero-order valence-electron chi connectivity index (χ0n) is 16.3. The fourth-order valence-electron chi connectivity index (χ4n) is 3.03. The van der Waals surface area contributed by atoms with E-state index < -0.39 is 0 Å². The molecule has 1 aliphatic heterocycles. The van der Waals surface area contributed by atoms with Gasteiger partial charge in [-0.15, -0.1) is 0 Å². The highest BCUT2D eigenvalue weighted by Gasteiger charge is 2.22. The van der Waals surface area contributed by atoms with Crippen molar-refractivity contribution in [2.45, 2.75) is 38.4 Å². The van der Waals surface area contributed by atoms with Crippen molar-refractivity contribution < 1.29 is 14.2 Å². The predicted molar refractivity (Wildman–Crippen MR) is 105 cm³/mol. The monoisotopic (exact) mass is 363 g/mol. The third-order valence-corrected chi connectivity index (χ3v) is 4.43. The van der Waals surface area contributed by atoms with Gasteiger partial charge in [0.1, 0.15) is 11.9 Å². The maximum Gasteiger partial charge on any atom is 0.193 e. The molecule has 1 N–H and O–H groups in total. The summed E-state index contributed by atoms with van der Waals surface area (Å²) in [6.45, 7) is 6.24. The Morgan fingerprint density at radius 3 is 2.62 bits per heavy atom. The van der Waals surface area contributed by atoms with Crippen LogP contribution >= 0.6 is 0 Å². The zero-order chi connectivity index (χ0) is 18.6. The second-order valence-electron chi connectivity index (χ2n) is 6.57. The van der Waals surface area contributed by atoms with E-state index in [-0.39, 0.29) is 6.10 Å². The summed E-state index contributed by atoms with van der Waals surface area (Å²) in [5.41, 5.74) is 0. The first-order chi connectivity index (χ1) is 12.7. The molecule has 146 valence electrons. The number of methoxy groups -OCH3 is 1. The molecule has 1 fully saturated rings. The number of nitrogens with zero attached hydrogens (tertiary/aromatic N) is 2. The molecule has 6 heteroatoms. The SMILES string of the molecule is CN=C(NCC(C)Oc1ccccc1)N1CCC(OCCCOC)CC1. The lowest BCUT2D eigenvalue weighted by molar-refractivity contribution is 0.00984. The molecule has 0 spiro atoms. The molecule has 1 saturated heterocycles. The average Bonchev–Trinajstić information content (AvgIpc) is 2.67. The highest BCUT2D eigenvalue weighted by molar-refractivity contribution is 5.80. The largest absolute Gasteiger partial charge is 0.489 e. The standard InChI is InChI=1S/C20H33N3O3/c1-17(26-19-8-5-4-6-9-19)16-22-20(21-2)23-12-10-18(11-13-23)25-15-7-14-24-3/h4-6,8-9,17-18H,7,10-16H2,1-3H3,(H,21,22). The van der Waals surface area contributed by atoms with Crippen LogP contribution in [0, 0.1) is 0 Å². The summed E-state index contributed by atoms with van der Waals surface area (Å²) in [5, 5.41) is 3.43. The van der Waals surface area contributed by atoms with Gasteiger partial charge in [0.15, 0.2) is 5.96 Å². The van der Waals surface area contributed by atoms with Crippen molar-refractivity contribution in [1.82, 2.24) is 10.2 Å². The number of likely N-dealkylation sites (tertiary alicyclic amines) is 1. The first-order valence-corrected chi connectivity index (χ1v) is 9.50. The average molecular weight is 364 g/mol. The number of nitrogens with one attached hydrogen (secondary N) is 1. The number of ether oxygens (including phenoxy) is 3. The fraction of sp³-hybridized carbons (Fsp3) is 0.650. The predicted octanol–water partition coefficient (Wildman–Crippen LogP) is 2.55. The molecule has 0 bridgehead atoms. The number of benzene rings is 1. The topological polar surface area (TPSA) is 55.3 Å². The van der Waals surface area contributed by atoms with Gasteiger partial charge in [-0.05, 0) is 38.3 Å². The molecule has 0 aliphatic carbocycles. The van der Waals surface area contributed by atoms with Gasteiger partial charge in [-0.3, -0.25) is 4.99 Å². The van der Waals surface area contributed by atoms with E-state index in [2.05, 4.69) is 22.1 Å². The van der Waals surface area contributed by atoms with Crippen molar-refractivity contribution in [1.29, 1.82) is 0 Å². The fourth-order valence-corrected chi connectivity index (χ4v) is 3.03. The van der Waals surface area contributed by atoms with Gasteiger partial charge >= 0.3 is 0 Å². The third kappa shape index (κ3) is 7.22. The molecule has 0 saturated carbocycles. The molecule has 0 radical (unpaired) electrons. The molecule has 1 heterocycles. The summed E-state index contributed by atoms with van der Waals surface area (Å²) in [4.78, 5) is 6.72. The van der Waals surface area contributed by atoms with Gasteiger partial charge < -0.3 is 24.4 Å². The van der Waals surface area contributed by atoms with E-state index in [4.69, 9.17) is 14.2 Å². The summed E-state index contributed by atoms with van der Waals surface area (Å²) in [7, 11) is 3.56. The molecule has 1 atom stereocenters. The molecule has 0 amide bonds. The van der Waals surface area contributed by atoms with Crippen molar-refractivity contribution >= 4 is 5.96 Å². The Balaban J connectivity index is 1.67. The van der Waals surface area contributed by atoms with Crippen LogP contribution < -0.4 is 10.1 Å². The van der Waals surface area contributed by atoms with E-state index in [1.54, 1.807) is 7.11 Å². The van der Waals surface area contributed by atoms with Gasteiger partial charge in [0.2, 0.25) is 0 Å². The Kier molecular flexibility index (Phi) is 9.28. The van der Waals surface area contributed by atoms with Gasteiger partial charge in [-0.1, -0.05) is 18.2 Å². The van der Waals surface area contributed by atoms with Crippen molar-refractivity contribution in [3.05, 3.63) is 30.3 Å². The number of para-hydroxylation sites is 1. The van der Waals surface area contributed by atoms with Crippen molar-refractivity contribution in [3.8, 4) is 5.75 Å². The third-order valence-electron chi connectivity index (χ3n) is 4.43. The van der Waals surface area contributed by atoms with Crippen LogP contribution in [0.5, 0.6) is 5.75 Å². The maximum atomic E-state index is 5.92. The van der Waals surface area contributed by atoms with Gasteiger partial charge in [-0.2, -0.15) is 0 Å². The Hall–Kier alpha value is -1.79. The van der Waals surface area contributed by atoms with Gasteiger partial charge in [0.05, 0.1) is 12.6 Å². The number of rotatable bonds is 9. The van der Waals surface area contributed by atoms with Crippen LogP contribution in [-0.4, -0.2) is 70.1 Å². The highest BCUT2D eigenvalue weighted by Crippen LogP contribution is 2.14. The number of guanidine groups is 1. The van der Waals surface area contributed by atoms with Crippen molar-refractivity contribution in [3.63, 3.8) is 0 Å². The Labute approximate surface area is 157 Å². The molecule has 1 aromatic rings. The first kappa shape index (κ1) is 20.5. The van der Waals surface area contributed by atoms with E-state index in [0.717, 1.165) is 63.8 Å². The minimum atomic E-state index is 0.0656. The van der Waals surface area contributed by atoms with Crippen molar-refractivity contribution in [2.75, 3.05) is 47.0 Å². The minimum absolute atomic E-state index is 0.0656. The van der Waals surface area contributed by atoms with Gasteiger partial charge in [0.25, 0.3) is 0 Å². The van der Waals surface area contributed by atoms with Crippen LogP contribution in [-0.2, 0) is 9.47 Å². The molecule has 2 rings (SSSR count). The van der Waals surface area contributed by atoms with E-state index in [1.165, 1.54) is 0 Å². The molecule has 0 aromatic heterocycles. The zero-order valence-corrected chi connectivity index (χ0v) is 16.3. The Morgan fingerprint density at radius 2 is 1.96 bits per heavy atom. The summed E-state index contributed by atoms with van der Waals surface area (Å²) >= 11 is 0. The smallest absolute Gasteiger partial charge is 0.193 e. The lowest BCUT2D eigenvalue weighted by Gasteiger charge is -2.34. The minimum Gasteiger partial charge on any atom is -0.489 e. The lowest BCUT2D eigenvalue weighted by Crippen LogP contribution is -2.48. The number of hydrogen-bond acceptors (Lipinski definition) is 4.